The van der Waals surface area contributed by atoms with Crippen LogP contribution in [0.15, 0.2) is 6.20 Å². The SMILES string of the molecule is CCc1cn(C23CC2C3)c2c1CCCCC2. The molecule has 3 aliphatic rings. The molecule has 0 amide bonds. The van der Waals surface area contributed by atoms with Crippen LogP contribution in [-0.2, 0) is 24.8 Å². The van der Waals surface area contributed by atoms with Gasteiger partial charge < -0.3 is 4.57 Å². The molecule has 0 aromatic carbocycles. The predicted octanol–water partition coefficient (Wildman–Crippen LogP) is 3.44. The van der Waals surface area contributed by atoms with Crippen molar-refractivity contribution in [2.45, 2.75) is 63.8 Å². The maximum atomic E-state index is 2.72. The number of fused-ring (bicyclic) bond motifs is 2. The van der Waals surface area contributed by atoms with Crippen molar-refractivity contribution in [1.29, 1.82) is 0 Å². The first kappa shape index (κ1) is 9.32. The molecule has 0 aliphatic heterocycles. The lowest BCUT2D eigenvalue weighted by atomic mass is 10.0. The summed E-state index contributed by atoms with van der Waals surface area (Å²) in [6.45, 7) is 2.32. The molecule has 0 saturated heterocycles. The lowest BCUT2D eigenvalue weighted by Gasteiger charge is -2.12. The van der Waals surface area contributed by atoms with Crippen LogP contribution in [0.4, 0.5) is 0 Å². The first-order valence-electron chi connectivity index (χ1n) is 7.07. The van der Waals surface area contributed by atoms with E-state index in [1.807, 2.05) is 0 Å². The van der Waals surface area contributed by atoms with Crippen LogP contribution >= 0.6 is 0 Å². The van der Waals surface area contributed by atoms with E-state index >= 15 is 0 Å². The number of aryl methyl sites for hydroxylation is 1. The molecule has 0 spiro atoms. The fourth-order valence-electron chi connectivity index (χ4n) is 3.76. The molecule has 1 aromatic rings. The maximum absolute atomic E-state index is 2.72. The van der Waals surface area contributed by atoms with E-state index in [1.165, 1.54) is 51.4 Å². The van der Waals surface area contributed by atoms with Gasteiger partial charge in [0.2, 0.25) is 0 Å². The summed E-state index contributed by atoms with van der Waals surface area (Å²) in [5.41, 5.74) is 5.78. The predicted molar refractivity (Wildman–Crippen MR) is 65.8 cm³/mol. The molecule has 86 valence electrons. The van der Waals surface area contributed by atoms with E-state index in [-0.39, 0.29) is 0 Å². The van der Waals surface area contributed by atoms with Crippen molar-refractivity contribution in [2.24, 2.45) is 5.92 Å². The van der Waals surface area contributed by atoms with Crippen molar-refractivity contribution >= 4 is 0 Å². The van der Waals surface area contributed by atoms with Gasteiger partial charge >= 0.3 is 0 Å². The summed E-state index contributed by atoms with van der Waals surface area (Å²) in [5, 5.41) is 0. The normalized spacial score (nSPS) is 35.2. The van der Waals surface area contributed by atoms with Crippen molar-refractivity contribution in [3.63, 3.8) is 0 Å². The molecule has 1 nitrogen and oxygen atoms in total. The molecular weight excluding hydrogens is 194 g/mol. The van der Waals surface area contributed by atoms with Crippen molar-refractivity contribution in [3.8, 4) is 0 Å². The molecule has 1 heterocycles. The summed E-state index contributed by atoms with van der Waals surface area (Å²) in [6.07, 6.45) is 13.7. The van der Waals surface area contributed by atoms with Crippen molar-refractivity contribution < 1.29 is 0 Å². The zero-order valence-corrected chi connectivity index (χ0v) is 10.3. The van der Waals surface area contributed by atoms with E-state index in [0.717, 1.165) is 5.92 Å². The second kappa shape index (κ2) is 2.94. The molecule has 3 aliphatic carbocycles. The zero-order chi connectivity index (χ0) is 10.8. The average Bonchev–Trinajstić information content (AvgIpc) is 3.11. The fraction of sp³-hybridized carbons (Fsp3) is 0.733. The summed E-state index contributed by atoms with van der Waals surface area (Å²) in [7, 11) is 0. The lowest BCUT2D eigenvalue weighted by molar-refractivity contribution is 0.565. The van der Waals surface area contributed by atoms with Crippen LogP contribution in [0.3, 0.4) is 0 Å². The highest BCUT2D eigenvalue weighted by Crippen LogP contribution is 2.73. The molecule has 4 rings (SSSR count). The van der Waals surface area contributed by atoms with Gasteiger partial charge in [0, 0.05) is 17.4 Å². The molecule has 2 fully saturated rings. The highest BCUT2D eigenvalue weighted by molar-refractivity contribution is 5.39. The molecule has 0 bridgehead atoms. The molecule has 0 unspecified atom stereocenters. The number of nitrogens with zero attached hydrogens (tertiary/aromatic N) is 1. The van der Waals surface area contributed by atoms with Crippen molar-refractivity contribution in [2.75, 3.05) is 0 Å². The Bertz CT molecular complexity index is 435. The van der Waals surface area contributed by atoms with Crippen LogP contribution in [0.1, 0.15) is 55.8 Å². The topological polar surface area (TPSA) is 4.93 Å². The minimum atomic E-state index is 0.655. The van der Waals surface area contributed by atoms with Gasteiger partial charge in [-0.15, -0.1) is 0 Å². The van der Waals surface area contributed by atoms with Gasteiger partial charge in [-0.25, -0.2) is 0 Å². The molecule has 16 heavy (non-hydrogen) atoms. The highest BCUT2D eigenvalue weighted by Gasteiger charge is 2.71. The van der Waals surface area contributed by atoms with Crippen molar-refractivity contribution in [3.05, 3.63) is 23.0 Å². The smallest absolute Gasteiger partial charge is 0.0479 e. The zero-order valence-electron chi connectivity index (χ0n) is 10.3. The Labute approximate surface area is 97.8 Å². The molecule has 2 saturated carbocycles. The highest BCUT2D eigenvalue weighted by atomic mass is 15.2. The summed E-state index contributed by atoms with van der Waals surface area (Å²) < 4.78 is 2.72. The third-order valence-electron chi connectivity index (χ3n) is 5.15. The number of rotatable bonds is 2. The molecular formula is C15H21N. The molecule has 0 atom stereocenters. The summed E-state index contributed by atoms with van der Waals surface area (Å²) >= 11 is 0. The number of hydrogen-bond donors (Lipinski definition) is 0. The summed E-state index contributed by atoms with van der Waals surface area (Å²) in [6, 6.07) is 0. The van der Waals surface area contributed by atoms with E-state index in [2.05, 4.69) is 17.7 Å². The minimum absolute atomic E-state index is 0.655. The van der Waals surface area contributed by atoms with Gasteiger partial charge in [0.1, 0.15) is 0 Å². The first-order chi connectivity index (χ1) is 7.85. The third-order valence-corrected chi connectivity index (χ3v) is 5.15. The largest absolute Gasteiger partial charge is 0.345 e. The molecule has 0 radical (unpaired) electrons. The second-order valence-electron chi connectivity index (χ2n) is 6.07. The molecule has 0 N–H and O–H groups in total. The van der Waals surface area contributed by atoms with Gasteiger partial charge in [-0.2, -0.15) is 0 Å². The summed E-state index contributed by atoms with van der Waals surface area (Å²) in [5.74, 6) is 1.07. The van der Waals surface area contributed by atoms with E-state index in [9.17, 15) is 0 Å². The Kier molecular flexibility index (Phi) is 1.71. The Morgan fingerprint density at radius 3 is 2.69 bits per heavy atom. The second-order valence-corrected chi connectivity index (χ2v) is 6.07. The summed E-state index contributed by atoms with van der Waals surface area (Å²) in [4.78, 5) is 0. The fourth-order valence-corrected chi connectivity index (χ4v) is 3.76. The Balaban J connectivity index is 1.83. The van der Waals surface area contributed by atoms with Gasteiger partial charge in [0.15, 0.2) is 0 Å². The van der Waals surface area contributed by atoms with E-state index < -0.39 is 0 Å². The van der Waals surface area contributed by atoms with Gasteiger partial charge in [0.25, 0.3) is 0 Å². The maximum Gasteiger partial charge on any atom is 0.0479 e. The monoisotopic (exact) mass is 215 g/mol. The van der Waals surface area contributed by atoms with Crippen LogP contribution in [-0.4, -0.2) is 4.57 Å². The van der Waals surface area contributed by atoms with Crippen LogP contribution < -0.4 is 0 Å². The van der Waals surface area contributed by atoms with Gasteiger partial charge in [-0.05, 0) is 62.0 Å². The van der Waals surface area contributed by atoms with Crippen LogP contribution in [0.2, 0.25) is 0 Å². The van der Waals surface area contributed by atoms with E-state index in [4.69, 9.17) is 0 Å². The Morgan fingerprint density at radius 2 is 2.00 bits per heavy atom. The van der Waals surface area contributed by atoms with Gasteiger partial charge in [0.05, 0.1) is 0 Å². The minimum Gasteiger partial charge on any atom is -0.345 e. The van der Waals surface area contributed by atoms with Gasteiger partial charge in [-0.3, -0.25) is 0 Å². The number of aromatic nitrogens is 1. The Hall–Kier alpha value is -0.720. The Morgan fingerprint density at radius 1 is 1.25 bits per heavy atom. The first-order valence-corrected chi connectivity index (χ1v) is 7.07. The molecule has 1 aromatic heterocycles. The van der Waals surface area contributed by atoms with Crippen LogP contribution in [0.25, 0.3) is 0 Å². The lowest BCUT2D eigenvalue weighted by Crippen LogP contribution is -2.10. The van der Waals surface area contributed by atoms with E-state index in [0.29, 0.717) is 5.54 Å². The van der Waals surface area contributed by atoms with Crippen molar-refractivity contribution in [1.82, 2.24) is 4.57 Å². The van der Waals surface area contributed by atoms with Crippen LogP contribution in [0.5, 0.6) is 0 Å². The van der Waals surface area contributed by atoms with E-state index in [1.54, 1.807) is 16.8 Å². The standard InChI is InChI=1S/C15H21N/c1-2-11-10-16(15-8-12(15)9-15)14-7-5-3-4-6-13(11)14/h10,12H,2-9H2,1H3. The molecule has 1 heteroatoms. The average molecular weight is 215 g/mol. The number of hydrogen-bond acceptors (Lipinski definition) is 0. The van der Waals surface area contributed by atoms with Gasteiger partial charge in [-0.1, -0.05) is 13.3 Å². The third kappa shape index (κ3) is 1.07. The van der Waals surface area contributed by atoms with Crippen LogP contribution in [0, 0.1) is 5.92 Å². The quantitative estimate of drug-likeness (QED) is 0.666.